The van der Waals surface area contributed by atoms with Crippen LogP contribution in [0.4, 0.5) is 5.69 Å². The van der Waals surface area contributed by atoms with E-state index in [0.717, 1.165) is 24.4 Å². The van der Waals surface area contributed by atoms with Gasteiger partial charge in [0, 0.05) is 25.1 Å². The van der Waals surface area contributed by atoms with Crippen molar-refractivity contribution in [2.75, 3.05) is 11.4 Å². The molecule has 0 unspecified atom stereocenters. The zero-order valence-corrected chi connectivity index (χ0v) is 11.5. The van der Waals surface area contributed by atoms with Crippen molar-refractivity contribution in [1.29, 1.82) is 0 Å². The van der Waals surface area contributed by atoms with Crippen LogP contribution in [-0.4, -0.2) is 22.6 Å². The summed E-state index contributed by atoms with van der Waals surface area (Å²) in [6.07, 6.45) is 2.23. The van der Waals surface area contributed by atoms with Gasteiger partial charge in [-0.1, -0.05) is 30.3 Å². The Hall–Kier alpha value is -2.17. The average Bonchev–Trinajstić information content (AvgIpc) is 3.07. The number of amides is 1. The predicted molar refractivity (Wildman–Crippen MR) is 74.4 cm³/mol. The summed E-state index contributed by atoms with van der Waals surface area (Å²) < 4.78 is 5.29. The second-order valence-corrected chi connectivity index (χ2v) is 5.04. The summed E-state index contributed by atoms with van der Waals surface area (Å²) in [6, 6.07) is 9.69. The molecular formula is C15H17N3O2. The summed E-state index contributed by atoms with van der Waals surface area (Å²) in [6.45, 7) is 2.68. The number of anilines is 1. The molecule has 1 fully saturated rings. The molecule has 1 atom stereocenters. The second-order valence-electron chi connectivity index (χ2n) is 5.04. The van der Waals surface area contributed by atoms with Crippen LogP contribution in [0.1, 0.15) is 37.4 Å². The van der Waals surface area contributed by atoms with Crippen LogP contribution in [0.5, 0.6) is 0 Å². The van der Waals surface area contributed by atoms with E-state index in [1.807, 2.05) is 30.3 Å². The van der Waals surface area contributed by atoms with Gasteiger partial charge in [-0.3, -0.25) is 4.79 Å². The average molecular weight is 271 g/mol. The van der Waals surface area contributed by atoms with E-state index in [4.69, 9.17) is 4.52 Å². The van der Waals surface area contributed by atoms with Gasteiger partial charge < -0.3 is 9.42 Å². The number of aromatic nitrogens is 2. The Bertz CT molecular complexity index is 594. The van der Waals surface area contributed by atoms with Crippen molar-refractivity contribution < 1.29 is 9.32 Å². The summed E-state index contributed by atoms with van der Waals surface area (Å²) in [5.41, 5.74) is 0.924. The third-order valence-electron chi connectivity index (χ3n) is 3.50. The maximum absolute atomic E-state index is 12.1. The van der Waals surface area contributed by atoms with Gasteiger partial charge in [-0.05, 0) is 18.6 Å². The third-order valence-corrected chi connectivity index (χ3v) is 3.50. The van der Waals surface area contributed by atoms with Crippen molar-refractivity contribution in [1.82, 2.24) is 10.1 Å². The van der Waals surface area contributed by atoms with E-state index in [1.165, 1.54) is 0 Å². The van der Waals surface area contributed by atoms with Gasteiger partial charge in [0.2, 0.25) is 11.8 Å². The molecule has 3 rings (SSSR count). The van der Waals surface area contributed by atoms with Crippen molar-refractivity contribution in [3.05, 3.63) is 42.0 Å². The van der Waals surface area contributed by atoms with Crippen LogP contribution in [0.15, 0.2) is 34.9 Å². The van der Waals surface area contributed by atoms with Crippen molar-refractivity contribution in [3.63, 3.8) is 0 Å². The minimum atomic E-state index is 0.000752. The molecule has 2 aromatic rings. The Morgan fingerprint density at radius 1 is 1.35 bits per heavy atom. The SMILES string of the molecule is CCCc1noc([C@@H]2CC(=O)N(c3ccccc3)C2)n1. The van der Waals surface area contributed by atoms with E-state index in [2.05, 4.69) is 17.1 Å². The molecule has 0 spiro atoms. The van der Waals surface area contributed by atoms with Crippen LogP contribution in [0.25, 0.3) is 0 Å². The normalized spacial score (nSPS) is 18.8. The van der Waals surface area contributed by atoms with Crippen molar-refractivity contribution >= 4 is 11.6 Å². The standard InChI is InChI=1S/C15H17N3O2/c1-2-6-13-16-15(20-17-13)11-9-14(19)18(10-11)12-7-4-3-5-8-12/h3-5,7-8,11H,2,6,9-10H2,1H3/t11-/m1/s1. The molecule has 5 nitrogen and oxygen atoms in total. The lowest BCUT2D eigenvalue weighted by Crippen LogP contribution is -2.24. The molecule has 5 heteroatoms. The summed E-state index contributed by atoms with van der Waals surface area (Å²) in [5.74, 6) is 1.42. The number of aryl methyl sites for hydroxylation is 1. The quantitative estimate of drug-likeness (QED) is 0.857. The molecule has 0 N–H and O–H groups in total. The number of hydrogen-bond acceptors (Lipinski definition) is 4. The summed E-state index contributed by atoms with van der Waals surface area (Å²) >= 11 is 0. The van der Waals surface area contributed by atoms with Crippen LogP contribution < -0.4 is 4.90 Å². The van der Waals surface area contributed by atoms with Gasteiger partial charge in [0.05, 0.1) is 5.92 Å². The van der Waals surface area contributed by atoms with Crippen LogP contribution >= 0.6 is 0 Å². The van der Waals surface area contributed by atoms with E-state index in [9.17, 15) is 4.79 Å². The molecule has 1 aliphatic heterocycles. The molecule has 0 bridgehead atoms. The topological polar surface area (TPSA) is 59.2 Å². The molecule has 0 aliphatic carbocycles. The number of hydrogen-bond donors (Lipinski definition) is 0. The molecule has 0 saturated carbocycles. The molecule has 20 heavy (non-hydrogen) atoms. The lowest BCUT2D eigenvalue weighted by Gasteiger charge is -2.15. The fraction of sp³-hybridized carbons (Fsp3) is 0.400. The zero-order chi connectivity index (χ0) is 13.9. The zero-order valence-electron chi connectivity index (χ0n) is 11.5. The van der Waals surface area contributed by atoms with E-state index in [-0.39, 0.29) is 11.8 Å². The number of para-hydroxylation sites is 1. The van der Waals surface area contributed by atoms with Crippen molar-refractivity contribution in [2.45, 2.75) is 32.1 Å². The van der Waals surface area contributed by atoms with E-state index in [1.54, 1.807) is 4.90 Å². The Kier molecular flexibility index (Phi) is 3.50. The highest BCUT2D eigenvalue weighted by molar-refractivity contribution is 5.96. The Balaban J connectivity index is 1.76. The number of nitrogens with zero attached hydrogens (tertiary/aromatic N) is 3. The maximum Gasteiger partial charge on any atom is 0.232 e. The van der Waals surface area contributed by atoms with Gasteiger partial charge in [0.15, 0.2) is 5.82 Å². The highest BCUT2D eigenvalue weighted by Crippen LogP contribution is 2.30. The first kappa shape index (κ1) is 12.8. The van der Waals surface area contributed by atoms with E-state index in [0.29, 0.717) is 18.9 Å². The van der Waals surface area contributed by atoms with Gasteiger partial charge in [-0.15, -0.1) is 0 Å². The summed E-state index contributed by atoms with van der Waals surface area (Å²) in [4.78, 5) is 18.3. The highest BCUT2D eigenvalue weighted by Gasteiger charge is 2.34. The first-order chi connectivity index (χ1) is 9.78. The first-order valence-electron chi connectivity index (χ1n) is 6.96. The lowest BCUT2D eigenvalue weighted by molar-refractivity contribution is -0.117. The Morgan fingerprint density at radius 2 is 2.15 bits per heavy atom. The smallest absolute Gasteiger partial charge is 0.232 e. The van der Waals surface area contributed by atoms with Gasteiger partial charge in [-0.25, -0.2) is 0 Å². The molecule has 1 aliphatic rings. The Labute approximate surface area is 117 Å². The second kappa shape index (κ2) is 5.45. The molecule has 0 radical (unpaired) electrons. The molecule has 1 amide bonds. The van der Waals surface area contributed by atoms with E-state index >= 15 is 0 Å². The number of carbonyl (C=O) groups is 1. The van der Waals surface area contributed by atoms with Gasteiger partial charge in [0.25, 0.3) is 0 Å². The van der Waals surface area contributed by atoms with Crippen molar-refractivity contribution in [2.24, 2.45) is 0 Å². The van der Waals surface area contributed by atoms with Crippen LogP contribution in [0.2, 0.25) is 0 Å². The molecule has 104 valence electrons. The third kappa shape index (κ3) is 2.43. The fourth-order valence-corrected chi connectivity index (χ4v) is 2.49. The lowest BCUT2D eigenvalue weighted by atomic mass is 10.1. The minimum absolute atomic E-state index is 0.000752. The van der Waals surface area contributed by atoms with Gasteiger partial charge in [-0.2, -0.15) is 4.98 Å². The number of rotatable bonds is 4. The monoisotopic (exact) mass is 271 g/mol. The summed E-state index contributed by atoms with van der Waals surface area (Å²) in [5, 5.41) is 3.96. The fourth-order valence-electron chi connectivity index (χ4n) is 2.49. The largest absolute Gasteiger partial charge is 0.339 e. The summed E-state index contributed by atoms with van der Waals surface area (Å²) in [7, 11) is 0. The predicted octanol–water partition coefficient (Wildman–Crippen LogP) is 2.54. The number of benzene rings is 1. The number of carbonyl (C=O) groups excluding carboxylic acids is 1. The minimum Gasteiger partial charge on any atom is -0.339 e. The molecule has 2 heterocycles. The van der Waals surface area contributed by atoms with Crippen LogP contribution in [0, 0.1) is 0 Å². The van der Waals surface area contributed by atoms with E-state index < -0.39 is 0 Å². The maximum atomic E-state index is 12.1. The van der Waals surface area contributed by atoms with Crippen LogP contribution in [-0.2, 0) is 11.2 Å². The van der Waals surface area contributed by atoms with Gasteiger partial charge >= 0.3 is 0 Å². The van der Waals surface area contributed by atoms with Crippen LogP contribution in [0.3, 0.4) is 0 Å². The molecule has 1 aromatic heterocycles. The van der Waals surface area contributed by atoms with Crippen molar-refractivity contribution in [3.8, 4) is 0 Å². The van der Waals surface area contributed by atoms with Gasteiger partial charge in [0.1, 0.15) is 0 Å². The molecule has 1 saturated heterocycles. The highest BCUT2D eigenvalue weighted by atomic mass is 16.5. The molecular weight excluding hydrogens is 254 g/mol. The Morgan fingerprint density at radius 3 is 2.90 bits per heavy atom. The first-order valence-corrected chi connectivity index (χ1v) is 6.96. The molecule has 1 aromatic carbocycles.